The van der Waals surface area contributed by atoms with Gasteiger partial charge in [0.05, 0.1) is 23.0 Å². The molecule has 1 aromatic heterocycles. The highest BCUT2D eigenvalue weighted by Crippen LogP contribution is 2.25. The maximum absolute atomic E-state index is 12.6. The topological polar surface area (TPSA) is 92.3 Å². The summed E-state index contributed by atoms with van der Waals surface area (Å²) in [5.74, 6) is 0.597. The van der Waals surface area contributed by atoms with E-state index in [1.165, 1.54) is 0 Å². The number of aromatic nitrogens is 2. The molecule has 0 radical (unpaired) electrons. The van der Waals surface area contributed by atoms with Gasteiger partial charge in [0, 0.05) is 25.5 Å². The first-order valence-electron chi connectivity index (χ1n) is 7.91. The highest BCUT2D eigenvalue weighted by molar-refractivity contribution is 7.91. The van der Waals surface area contributed by atoms with E-state index in [0.717, 1.165) is 19.4 Å². The highest BCUT2D eigenvalue weighted by Gasteiger charge is 2.41. The number of carbonyl (C=O) groups excluding carboxylic acids is 1. The predicted octanol–water partition coefficient (Wildman–Crippen LogP) is 0.386. The van der Waals surface area contributed by atoms with Gasteiger partial charge in [-0.15, -0.1) is 0 Å². The molecule has 2 aliphatic rings. The van der Waals surface area contributed by atoms with E-state index in [-0.39, 0.29) is 23.3 Å². The van der Waals surface area contributed by atoms with Crippen molar-refractivity contribution in [3.05, 3.63) is 18.5 Å². The number of hydrogen-bond donors (Lipinski definition) is 1. The second-order valence-corrected chi connectivity index (χ2v) is 8.91. The zero-order chi connectivity index (χ0) is 16.5. The lowest BCUT2D eigenvalue weighted by molar-refractivity contribution is -0.126. The van der Waals surface area contributed by atoms with E-state index >= 15 is 0 Å². The van der Waals surface area contributed by atoms with Gasteiger partial charge >= 0.3 is 0 Å². The molecular weight excluding hydrogens is 316 g/mol. The summed E-state index contributed by atoms with van der Waals surface area (Å²) < 4.78 is 23.3. The van der Waals surface area contributed by atoms with Gasteiger partial charge in [-0.2, -0.15) is 0 Å². The fraction of sp³-hybridized carbons (Fsp3) is 0.667. The van der Waals surface area contributed by atoms with Crippen LogP contribution < -0.4 is 10.2 Å². The first kappa shape index (κ1) is 16.2. The van der Waals surface area contributed by atoms with Gasteiger partial charge in [-0.3, -0.25) is 4.79 Å². The van der Waals surface area contributed by atoms with Gasteiger partial charge in [0.2, 0.25) is 11.9 Å². The third kappa shape index (κ3) is 3.80. The van der Waals surface area contributed by atoms with Crippen LogP contribution in [0.4, 0.5) is 5.95 Å². The first-order valence-corrected chi connectivity index (χ1v) is 9.73. The Labute approximate surface area is 136 Å². The van der Waals surface area contributed by atoms with Crippen LogP contribution in [0.5, 0.6) is 0 Å². The van der Waals surface area contributed by atoms with Crippen LogP contribution in [0, 0.1) is 5.92 Å². The van der Waals surface area contributed by atoms with E-state index in [0.29, 0.717) is 18.9 Å². The monoisotopic (exact) mass is 338 g/mol. The molecule has 1 aromatic rings. The van der Waals surface area contributed by atoms with Crippen molar-refractivity contribution in [1.82, 2.24) is 15.3 Å². The molecule has 126 valence electrons. The molecule has 23 heavy (non-hydrogen) atoms. The predicted molar refractivity (Wildman–Crippen MR) is 86.8 cm³/mol. The van der Waals surface area contributed by atoms with Gasteiger partial charge in [-0.05, 0) is 32.3 Å². The number of piperidine rings is 1. The lowest BCUT2D eigenvalue weighted by Gasteiger charge is -2.34. The third-order valence-electron chi connectivity index (χ3n) is 4.56. The minimum absolute atomic E-state index is 0.0317. The standard InChI is InChI=1S/C15H22N4O3S/c1-15(5-9-23(21,22)11-15)18-13(20)12-4-2-8-19(10-12)14-16-6-3-7-17-14/h3,6-7,12H,2,4-5,8-11H2,1H3,(H,18,20). The Kier molecular flexibility index (Phi) is 4.27. The highest BCUT2D eigenvalue weighted by atomic mass is 32.2. The maximum Gasteiger partial charge on any atom is 0.225 e. The van der Waals surface area contributed by atoms with Crippen molar-refractivity contribution in [1.29, 1.82) is 0 Å². The van der Waals surface area contributed by atoms with Crippen LogP contribution in [-0.4, -0.2) is 54.4 Å². The van der Waals surface area contributed by atoms with Crippen molar-refractivity contribution in [2.75, 3.05) is 29.5 Å². The van der Waals surface area contributed by atoms with Gasteiger partial charge in [0.1, 0.15) is 0 Å². The SMILES string of the molecule is CC1(NC(=O)C2CCCN(c3ncccn3)C2)CCS(=O)(=O)C1. The van der Waals surface area contributed by atoms with Crippen LogP contribution in [0.2, 0.25) is 0 Å². The Morgan fingerprint density at radius 2 is 2.13 bits per heavy atom. The molecule has 2 unspecified atom stereocenters. The summed E-state index contributed by atoms with van der Waals surface area (Å²) in [5, 5.41) is 2.97. The molecule has 2 atom stereocenters. The fourth-order valence-corrected chi connectivity index (χ4v) is 5.43. The molecule has 0 spiro atoms. The molecule has 2 fully saturated rings. The Hall–Kier alpha value is -1.70. The Morgan fingerprint density at radius 1 is 1.39 bits per heavy atom. The van der Waals surface area contributed by atoms with Gasteiger partial charge in [-0.1, -0.05) is 0 Å². The molecule has 1 amide bonds. The Bertz CT molecular complexity index is 679. The number of rotatable bonds is 3. The van der Waals surface area contributed by atoms with E-state index in [2.05, 4.69) is 15.3 Å². The van der Waals surface area contributed by atoms with E-state index in [1.54, 1.807) is 18.5 Å². The number of nitrogens with zero attached hydrogens (tertiary/aromatic N) is 3. The van der Waals surface area contributed by atoms with Crippen LogP contribution in [-0.2, 0) is 14.6 Å². The van der Waals surface area contributed by atoms with Crippen LogP contribution >= 0.6 is 0 Å². The molecule has 2 aliphatic heterocycles. The summed E-state index contributed by atoms with van der Waals surface area (Å²) in [4.78, 5) is 23.1. The van der Waals surface area contributed by atoms with Crippen molar-refractivity contribution in [3.63, 3.8) is 0 Å². The zero-order valence-corrected chi connectivity index (χ0v) is 14.1. The Morgan fingerprint density at radius 3 is 2.78 bits per heavy atom. The van der Waals surface area contributed by atoms with Crippen molar-refractivity contribution in [2.24, 2.45) is 5.92 Å². The lowest BCUT2D eigenvalue weighted by atomic mass is 9.94. The molecule has 3 rings (SSSR count). The number of nitrogens with one attached hydrogen (secondary N) is 1. The molecule has 7 nitrogen and oxygen atoms in total. The first-order chi connectivity index (χ1) is 10.9. The Balaban J connectivity index is 1.64. The molecule has 0 aliphatic carbocycles. The molecule has 0 saturated carbocycles. The molecule has 0 aromatic carbocycles. The average Bonchev–Trinajstić information content (AvgIpc) is 2.81. The van der Waals surface area contributed by atoms with Crippen LogP contribution in [0.25, 0.3) is 0 Å². The molecule has 1 N–H and O–H groups in total. The number of carbonyl (C=O) groups is 1. The second-order valence-electron chi connectivity index (χ2n) is 6.73. The average molecular weight is 338 g/mol. The van der Waals surface area contributed by atoms with Gasteiger partial charge in [0.25, 0.3) is 0 Å². The van der Waals surface area contributed by atoms with Crippen LogP contribution in [0.1, 0.15) is 26.2 Å². The molecule has 8 heteroatoms. The fourth-order valence-electron chi connectivity index (χ4n) is 3.34. The van der Waals surface area contributed by atoms with E-state index < -0.39 is 15.4 Å². The van der Waals surface area contributed by atoms with Gasteiger partial charge < -0.3 is 10.2 Å². The summed E-state index contributed by atoms with van der Waals surface area (Å²) >= 11 is 0. The number of sulfone groups is 1. The number of hydrogen-bond acceptors (Lipinski definition) is 6. The largest absolute Gasteiger partial charge is 0.350 e. The second kappa shape index (κ2) is 6.07. The van der Waals surface area contributed by atoms with Crippen LogP contribution in [0.15, 0.2) is 18.5 Å². The quantitative estimate of drug-likeness (QED) is 0.857. The zero-order valence-electron chi connectivity index (χ0n) is 13.2. The molecular formula is C15H22N4O3S. The summed E-state index contributed by atoms with van der Waals surface area (Å²) in [6.45, 7) is 3.22. The van der Waals surface area contributed by atoms with E-state index in [1.807, 2.05) is 11.8 Å². The third-order valence-corrected chi connectivity index (χ3v) is 6.46. The number of amides is 1. The van der Waals surface area contributed by atoms with Crippen molar-refractivity contribution < 1.29 is 13.2 Å². The smallest absolute Gasteiger partial charge is 0.225 e. The van der Waals surface area contributed by atoms with Crippen molar-refractivity contribution in [2.45, 2.75) is 31.7 Å². The number of anilines is 1. The summed E-state index contributed by atoms with van der Waals surface area (Å²) in [6.07, 6.45) is 5.57. The minimum Gasteiger partial charge on any atom is -0.350 e. The maximum atomic E-state index is 12.6. The lowest BCUT2D eigenvalue weighted by Crippen LogP contribution is -2.52. The van der Waals surface area contributed by atoms with Crippen LogP contribution in [0.3, 0.4) is 0 Å². The molecule has 0 bridgehead atoms. The van der Waals surface area contributed by atoms with E-state index in [4.69, 9.17) is 0 Å². The van der Waals surface area contributed by atoms with Crippen molar-refractivity contribution >= 4 is 21.7 Å². The minimum atomic E-state index is -3.03. The van der Waals surface area contributed by atoms with Gasteiger partial charge in [0.15, 0.2) is 9.84 Å². The normalized spacial score (nSPS) is 30.1. The molecule has 2 saturated heterocycles. The summed E-state index contributed by atoms with van der Waals surface area (Å²) in [5.41, 5.74) is -0.637. The van der Waals surface area contributed by atoms with E-state index in [9.17, 15) is 13.2 Å². The molecule has 3 heterocycles. The summed E-state index contributed by atoms with van der Waals surface area (Å²) in [6, 6.07) is 1.76. The van der Waals surface area contributed by atoms with Crippen molar-refractivity contribution in [3.8, 4) is 0 Å². The van der Waals surface area contributed by atoms with Gasteiger partial charge in [-0.25, -0.2) is 18.4 Å². The summed E-state index contributed by atoms with van der Waals surface area (Å²) in [7, 11) is -3.03.